The van der Waals surface area contributed by atoms with Gasteiger partial charge in [0.1, 0.15) is 0 Å². The molecule has 0 bridgehead atoms. The lowest BCUT2D eigenvalue weighted by atomic mass is 10.2. The first kappa shape index (κ1) is 15.0. The number of hydrogen-bond acceptors (Lipinski definition) is 3. The summed E-state index contributed by atoms with van der Waals surface area (Å²) in [5.74, 6) is 0. The first-order valence-corrected chi connectivity index (χ1v) is 9.37. The van der Waals surface area contributed by atoms with Crippen LogP contribution >= 0.6 is 38.5 Å². The van der Waals surface area contributed by atoms with Gasteiger partial charge in [-0.3, -0.25) is 0 Å². The van der Waals surface area contributed by atoms with Gasteiger partial charge in [0.25, 0.3) is 10.0 Å². The van der Waals surface area contributed by atoms with Gasteiger partial charge in [-0.15, -0.1) is 0 Å². The van der Waals surface area contributed by atoms with Crippen molar-refractivity contribution < 1.29 is 8.42 Å². The quantitative estimate of drug-likeness (QED) is 0.526. The third-order valence-electron chi connectivity index (χ3n) is 3.23. The Bertz CT molecular complexity index is 937. The Labute approximate surface area is 144 Å². The average Bonchev–Trinajstić information content (AvgIpc) is 2.82. The van der Waals surface area contributed by atoms with E-state index in [1.165, 1.54) is 3.97 Å². The van der Waals surface area contributed by atoms with Crippen molar-refractivity contribution in [3.05, 3.63) is 56.3 Å². The molecule has 0 radical (unpaired) electrons. The third-order valence-corrected chi connectivity index (χ3v) is 6.87. The van der Waals surface area contributed by atoms with Gasteiger partial charge >= 0.3 is 0 Å². The van der Waals surface area contributed by atoms with Crippen molar-refractivity contribution in [2.24, 2.45) is 0 Å². The zero-order valence-electron chi connectivity index (χ0n) is 10.9. The fourth-order valence-corrected chi connectivity index (χ4v) is 5.12. The molecule has 2 heterocycles. The Kier molecular flexibility index (Phi) is 3.83. The van der Waals surface area contributed by atoms with Crippen LogP contribution in [0.15, 0.2) is 52.0 Å². The number of rotatable bonds is 2. The summed E-state index contributed by atoms with van der Waals surface area (Å²) in [7, 11) is -3.65. The minimum atomic E-state index is -3.65. The molecular formula is C14H10BrIN2O2S. The average molecular weight is 477 g/mol. The zero-order valence-corrected chi connectivity index (χ0v) is 15.5. The van der Waals surface area contributed by atoms with Crippen molar-refractivity contribution in [3.63, 3.8) is 0 Å². The Morgan fingerprint density at radius 2 is 1.90 bits per heavy atom. The van der Waals surface area contributed by atoms with E-state index in [0.717, 1.165) is 15.4 Å². The van der Waals surface area contributed by atoms with E-state index in [1.807, 2.05) is 35.6 Å². The van der Waals surface area contributed by atoms with Crippen LogP contribution in [-0.4, -0.2) is 17.4 Å². The van der Waals surface area contributed by atoms with Crippen LogP contribution in [0.1, 0.15) is 5.56 Å². The van der Waals surface area contributed by atoms with Crippen molar-refractivity contribution in [1.29, 1.82) is 0 Å². The molecule has 0 aliphatic rings. The number of hydrogen-bond donors (Lipinski definition) is 0. The molecule has 3 rings (SSSR count). The molecule has 2 aromatic heterocycles. The van der Waals surface area contributed by atoms with E-state index in [-0.39, 0.29) is 4.90 Å². The van der Waals surface area contributed by atoms with Crippen molar-refractivity contribution >= 4 is 59.6 Å². The van der Waals surface area contributed by atoms with Crippen LogP contribution in [0.5, 0.6) is 0 Å². The smallest absolute Gasteiger partial charge is 0.236 e. The maximum atomic E-state index is 12.8. The summed E-state index contributed by atoms with van der Waals surface area (Å²) < 4.78 is 28.4. The Morgan fingerprint density at radius 1 is 1.24 bits per heavy atom. The summed E-state index contributed by atoms with van der Waals surface area (Å²) in [5, 5.41) is 0.827. The lowest BCUT2D eigenvalue weighted by Gasteiger charge is -2.09. The predicted molar refractivity (Wildman–Crippen MR) is 93.9 cm³/mol. The molecule has 0 aliphatic heterocycles. The Morgan fingerprint density at radius 3 is 2.57 bits per heavy atom. The SMILES string of the molecule is Cc1c(Br)cnc2c1cc(I)n2S(=O)(=O)c1ccccc1. The van der Waals surface area contributed by atoms with Gasteiger partial charge < -0.3 is 0 Å². The molecule has 21 heavy (non-hydrogen) atoms. The number of fused-ring (bicyclic) bond motifs is 1. The fraction of sp³-hybridized carbons (Fsp3) is 0.0714. The van der Waals surface area contributed by atoms with Crippen LogP contribution in [0.25, 0.3) is 11.0 Å². The van der Waals surface area contributed by atoms with E-state index in [9.17, 15) is 8.42 Å². The van der Waals surface area contributed by atoms with Gasteiger partial charge in [0.15, 0.2) is 5.65 Å². The number of nitrogens with zero attached hydrogens (tertiary/aromatic N) is 2. The van der Waals surface area contributed by atoms with Crippen LogP contribution in [0.2, 0.25) is 0 Å². The first-order chi connectivity index (χ1) is 9.93. The fourth-order valence-electron chi connectivity index (χ4n) is 2.12. The highest BCUT2D eigenvalue weighted by Gasteiger charge is 2.23. The summed E-state index contributed by atoms with van der Waals surface area (Å²) in [6.45, 7) is 1.93. The molecule has 108 valence electrons. The maximum Gasteiger partial charge on any atom is 0.270 e. The largest absolute Gasteiger partial charge is 0.270 e. The molecule has 0 atom stereocenters. The number of benzene rings is 1. The molecular weight excluding hydrogens is 467 g/mol. The van der Waals surface area contributed by atoms with Crippen LogP contribution in [0, 0.1) is 10.6 Å². The Balaban J connectivity index is 2.36. The van der Waals surface area contributed by atoms with Crippen LogP contribution in [0.4, 0.5) is 0 Å². The molecule has 0 saturated heterocycles. The second-order valence-corrected chi connectivity index (χ2v) is 8.26. The van der Waals surface area contributed by atoms with E-state index in [0.29, 0.717) is 9.35 Å². The number of aryl methyl sites for hydroxylation is 1. The van der Waals surface area contributed by atoms with Gasteiger partial charge in [0, 0.05) is 16.1 Å². The van der Waals surface area contributed by atoms with Gasteiger partial charge in [-0.25, -0.2) is 17.4 Å². The highest BCUT2D eigenvalue weighted by Crippen LogP contribution is 2.30. The van der Waals surface area contributed by atoms with E-state index in [4.69, 9.17) is 0 Å². The molecule has 0 spiro atoms. The second kappa shape index (κ2) is 5.36. The number of aromatic nitrogens is 2. The first-order valence-electron chi connectivity index (χ1n) is 6.05. The van der Waals surface area contributed by atoms with Gasteiger partial charge in [-0.05, 0) is 69.2 Å². The highest BCUT2D eigenvalue weighted by atomic mass is 127. The zero-order chi connectivity index (χ0) is 15.2. The van der Waals surface area contributed by atoms with Crippen molar-refractivity contribution in [2.45, 2.75) is 11.8 Å². The molecule has 0 fully saturated rings. The van der Waals surface area contributed by atoms with Crippen molar-refractivity contribution in [3.8, 4) is 0 Å². The van der Waals surface area contributed by atoms with Crippen LogP contribution < -0.4 is 0 Å². The second-order valence-electron chi connectivity index (χ2n) is 4.52. The summed E-state index contributed by atoms with van der Waals surface area (Å²) in [5.41, 5.74) is 1.42. The summed E-state index contributed by atoms with van der Waals surface area (Å²) in [4.78, 5) is 4.54. The molecule has 0 amide bonds. The molecule has 7 heteroatoms. The summed E-state index contributed by atoms with van der Waals surface area (Å²) in [6, 6.07) is 10.2. The van der Waals surface area contributed by atoms with E-state index >= 15 is 0 Å². The van der Waals surface area contributed by atoms with E-state index < -0.39 is 10.0 Å². The minimum Gasteiger partial charge on any atom is -0.236 e. The topological polar surface area (TPSA) is 52.0 Å². The number of pyridine rings is 1. The molecule has 3 aromatic rings. The highest BCUT2D eigenvalue weighted by molar-refractivity contribution is 14.1. The normalized spacial score (nSPS) is 12.0. The van der Waals surface area contributed by atoms with E-state index in [2.05, 4.69) is 20.9 Å². The summed E-state index contributed by atoms with van der Waals surface area (Å²) >= 11 is 5.44. The van der Waals surface area contributed by atoms with Crippen molar-refractivity contribution in [1.82, 2.24) is 8.96 Å². The monoisotopic (exact) mass is 476 g/mol. The molecule has 0 aliphatic carbocycles. The molecule has 0 unspecified atom stereocenters. The van der Waals surface area contributed by atoms with Crippen LogP contribution in [-0.2, 0) is 10.0 Å². The number of halogens is 2. The molecule has 0 N–H and O–H groups in total. The standard InChI is InChI=1S/C14H10BrIN2O2S/c1-9-11-7-13(16)18(14(11)17-8-12(9)15)21(19,20)10-5-3-2-4-6-10/h2-8H,1H3. The minimum absolute atomic E-state index is 0.253. The lowest BCUT2D eigenvalue weighted by Crippen LogP contribution is -2.14. The summed E-state index contributed by atoms with van der Waals surface area (Å²) in [6.07, 6.45) is 1.63. The molecule has 1 aromatic carbocycles. The van der Waals surface area contributed by atoms with Gasteiger partial charge in [-0.1, -0.05) is 18.2 Å². The van der Waals surface area contributed by atoms with Gasteiger partial charge in [0.05, 0.1) is 8.60 Å². The lowest BCUT2D eigenvalue weighted by molar-refractivity contribution is 0.588. The van der Waals surface area contributed by atoms with Gasteiger partial charge in [-0.2, -0.15) is 0 Å². The maximum absolute atomic E-state index is 12.8. The van der Waals surface area contributed by atoms with E-state index in [1.54, 1.807) is 36.5 Å². The molecule has 4 nitrogen and oxygen atoms in total. The van der Waals surface area contributed by atoms with Gasteiger partial charge in [0.2, 0.25) is 0 Å². The van der Waals surface area contributed by atoms with Crippen LogP contribution in [0.3, 0.4) is 0 Å². The van der Waals surface area contributed by atoms with Crippen molar-refractivity contribution in [2.75, 3.05) is 0 Å². The molecule has 0 saturated carbocycles. The Hall–Kier alpha value is -0.930. The third kappa shape index (κ3) is 2.40. The predicted octanol–water partition coefficient (Wildman–Crippen LogP) is 3.95.